The standard InChI is InChI=1S/C34H30N6O4S/c35-23-27-6-8-28(9-7-27)31(41)20-32-38-34(21-25-10-15-36-16-11-25,22-26-12-17-37-18-13-26)33(42)40(32)29-14-19-39(24-29)45(43,44)30-4-2-1-3-5-30/h1-13,15-18,20,29,38H,14,19,21-22,24H2/b32-20+. The largest absolute Gasteiger partial charge is 0.357 e. The number of hydrogen-bond donors (Lipinski definition) is 1. The SMILES string of the molecule is N#Cc1ccc(C(=O)/C=C2\NC(Cc3ccncc3)(Cc3ccncc3)C(=O)N2C2CCN(S(=O)(=O)c3ccccc3)C2)cc1. The summed E-state index contributed by atoms with van der Waals surface area (Å²) in [5.74, 6) is -0.296. The van der Waals surface area contributed by atoms with E-state index in [4.69, 9.17) is 0 Å². The number of carbonyl (C=O) groups is 2. The van der Waals surface area contributed by atoms with Crippen LogP contribution in [0.15, 0.2) is 120 Å². The average Bonchev–Trinajstić information content (AvgIpc) is 3.65. The number of nitriles is 1. The van der Waals surface area contributed by atoms with Gasteiger partial charge in [-0.15, -0.1) is 0 Å². The van der Waals surface area contributed by atoms with E-state index in [-0.39, 0.29) is 29.7 Å². The number of hydrogen-bond acceptors (Lipinski definition) is 8. The molecule has 0 bridgehead atoms. The van der Waals surface area contributed by atoms with Crippen LogP contribution in [-0.4, -0.2) is 64.0 Å². The van der Waals surface area contributed by atoms with Gasteiger partial charge in [0.15, 0.2) is 5.78 Å². The van der Waals surface area contributed by atoms with Gasteiger partial charge in [-0.3, -0.25) is 24.5 Å². The second-order valence-electron chi connectivity index (χ2n) is 11.1. The van der Waals surface area contributed by atoms with Crippen LogP contribution in [0.2, 0.25) is 0 Å². The molecule has 2 aliphatic rings. The molecule has 0 saturated carbocycles. The van der Waals surface area contributed by atoms with Crippen LogP contribution in [0.25, 0.3) is 0 Å². The van der Waals surface area contributed by atoms with Gasteiger partial charge in [0.1, 0.15) is 11.4 Å². The van der Waals surface area contributed by atoms with E-state index < -0.39 is 21.6 Å². The average molecular weight is 619 g/mol. The minimum absolute atomic E-state index is 0.0770. The molecule has 0 aliphatic carbocycles. The summed E-state index contributed by atoms with van der Waals surface area (Å²) in [4.78, 5) is 38.3. The minimum atomic E-state index is -3.79. The number of aromatic nitrogens is 2. The fourth-order valence-electron chi connectivity index (χ4n) is 5.97. The molecule has 0 spiro atoms. The lowest BCUT2D eigenvalue weighted by molar-refractivity contribution is -0.133. The summed E-state index contributed by atoms with van der Waals surface area (Å²) in [7, 11) is -3.79. The third-order valence-electron chi connectivity index (χ3n) is 8.20. The molecule has 2 aromatic carbocycles. The van der Waals surface area contributed by atoms with E-state index >= 15 is 0 Å². The Kier molecular flexibility index (Phi) is 8.26. The summed E-state index contributed by atoms with van der Waals surface area (Å²) in [6.45, 7) is 0.303. The van der Waals surface area contributed by atoms with Crippen molar-refractivity contribution in [3.63, 3.8) is 0 Å². The van der Waals surface area contributed by atoms with Crippen LogP contribution in [0.4, 0.5) is 0 Å². The van der Waals surface area contributed by atoms with E-state index in [0.717, 1.165) is 11.1 Å². The molecule has 2 aliphatic heterocycles. The van der Waals surface area contributed by atoms with Gasteiger partial charge in [-0.1, -0.05) is 18.2 Å². The van der Waals surface area contributed by atoms with Crippen LogP contribution in [0.3, 0.4) is 0 Å². The van der Waals surface area contributed by atoms with Gasteiger partial charge >= 0.3 is 0 Å². The van der Waals surface area contributed by atoms with Crippen molar-refractivity contribution in [1.82, 2.24) is 24.5 Å². The van der Waals surface area contributed by atoms with Crippen molar-refractivity contribution < 1.29 is 18.0 Å². The third-order valence-corrected chi connectivity index (χ3v) is 10.1. The maximum atomic E-state index is 14.7. The zero-order valence-corrected chi connectivity index (χ0v) is 25.1. The Bertz CT molecular complexity index is 1830. The summed E-state index contributed by atoms with van der Waals surface area (Å²) in [5.41, 5.74) is 1.36. The van der Waals surface area contributed by atoms with Crippen LogP contribution < -0.4 is 5.32 Å². The number of carbonyl (C=O) groups excluding carboxylic acids is 2. The highest BCUT2D eigenvalue weighted by molar-refractivity contribution is 7.89. The number of pyridine rings is 2. The monoisotopic (exact) mass is 618 g/mol. The van der Waals surface area contributed by atoms with Gasteiger partial charge in [-0.25, -0.2) is 8.42 Å². The number of nitrogens with zero attached hydrogens (tertiary/aromatic N) is 5. The molecule has 1 amide bonds. The Morgan fingerprint density at radius 3 is 2.11 bits per heavy atom. The van der Waals surface area contributed by atoms with Crippen LogP contribution >= 0.6 is 0 Å². The maximum absolute atomic E-state index is 14.7. The molecule has 45 heavy (non-hydrogen) atoms. The lowest BCUT2D eigenvalue weighted by atomic mass is 9.84. The normalized spacial score (nSPS) is 18.9. The lowest BCUT2D eigenvalue weighted by Gasteiger charge is -2.29. The fourth-order valence-corrected chi connectivity index (χ4v) is 7.48. The number of ketones is 1. The van der Waals surface area contributed by atoms with Crippen molar-refractivity contribution in [1.29, 1.82) is 5.26 Å². The summed E-state index contributed by atoms with van der Waals surface area (Å²) >= 11 is 0. The molecule has 11 heteroatoms. The van der Waals surface area contributed by atoms with E-state index in [1.807, 2.05) is 30.3 Å². The Morgan fingerprint density at radius 2 is 1.53 bits per heavy atom. The van der Waals surface area contributed by atoms with E-state index in [1.54, 1.807) is 84.3 Å². The van der Waals surface area contributed by atoms with Gasteiger partial charge in [0.05, 0.1) is 22.6 Å². The van der Waals surface area contributed by atoms with Crippen molar-refractivity contribution >= 4 is 21.7 Å². The Labute approximate surface area is 261 Å². The van der Waals surface area contributed by atoms with Crippen LogP contribution in [0.5, 0.6) is 0 Å². The molecule has 2 saturated heterocycles. The quantitative estimate of drug-likeness (QED) is 0.222. The first-order valence-corrected chi connectivity index (χ1v) is 15.9. The number of nitrogens with one attached hydrogen (secondary N) is 1. The Balaban J connectivity index is 1.40. The Hall–Kier alpha value is -5.18. The van der Waals surface area contributed by atoms with Crippen molar-refractivity contribution in [2.45, 2.75) is 35.7 Å². The molecule has 4 heterocycles. The van der Waals surface area contributed by atoms with Crippen molar-refractivity contribution in [2.24, 2.45) is 0 Å². The lowest BCUT2D eigenvalue weighted by Crippen LogP contribution is -2.51. The van der Waals surface area contributed by atoms with Gasteiger partial charge in [0.25, 0.3) is 5.91 Å². The summed E-state index contributed by atoms with van der Waals surface area (Å²) in [6, 6.07) is 23.4. The molecule has 1 unspecified atom stereocenters. The number of sulfonamides is 1. The topological polar surface area (TPSA) is 136 Å². The highest BCUT2D eigenvalue weighted by Gasteiger charge is 2.52. The van der Waals surface area contributed by atoms with E-state index in [9.17, 15) is 23.3 Å². The number of rotatable bonds is 9. The van der Waals surface area contributed by atoms with E-state index in [2.05, 4.69) is 15.3 Å². The zero-order chi connectivity index (χ0) is 31.4. The molecular formula is C34H30N6O4S. The van der Waals surface area contributed by atoms with Crippen LogP contribution in [-0.2, 0) is 27.7 Å². The Morgan fingerprint density at radius 1 is 0.933 bits per heavy atom. The van der Waals surface area contributed by atoms with Crippen molar-refractivity contribution in [3.05, 3.63) is 138 Å². The number of amides is 1. The van der Waals surface area contributed by atoms with E-state index in [0.29, 0.717) is 36.2 Å². The maximum Gasteiger partial charge on any atom is 0.254 e. The van der Waals surface area contributed by atoms with Gasteiger partial charge in [0.2, 0.25) is 10.0 Å². The second kappa shape index (κ2) is 12.4. The van der Waals surface area contributed by atoms with Gasteiger partial charge in [0, 0.05) is 62.4 Å². The molecule has 0 radical (unpaired) electrons. The molecule has 226 valence electrons. The fraction of sp³-hybridized carbons (Fsp3) is 0.206. The summed E-state index contributed by atoms with van der Waals surface area (Å²) in [5, 5.41) is 12.6. The first-order chi connectivity index (χ1) is 21.8. The third kappa shape index (κ3) is 6.11. The predicted octanol–water partition coefficient (Wildman–Crippen LogP) is 3.49. The number of allylic oxidation sites excluding steroid dienone is 1. The van der Waals surface area contributed by atoms with Gasteiger partial charge in [-0.2, -0.15) is 9.57 Å². The van der Waals surface area contributed by atoms with Crippen LogP contribution in [0.1, 0.15) is 33.5 Å². The summed E-state index contributed by atoms with van der Waals surface area (Å²) < 4.78 is 28.4. The molecule has 1 atom stereocenters. The molecule has 2 fully saturated rings. The second-order valence-corrected chi connectivity index (χ2v) is 13.1. The zero-order valence-electron chi connectivity index (χ0n) is 24.3. The molecule has 1 N–H and O–H groups in total. The molecule has 10 nitrogen and oxygen atoms in total. The van der Waals surface area contributed by atoms with Gasteiger partial charge in [-0.05, 0) is 78.2 Å². The number of benzene rings is 2. The predicted molar refractivity (Wildman–Crippen MR) is 166 cm³/mol. The van der Waals surface area contributed by atoms with Crippen LogP contribution in [0, 0.1) is 11.3 Å². The van der Waals surface area contributed by atoms with Crippen molar-refractivity contribution in [2.75, 3.05) is 13.1 Å². The molecule has 4 aromatic rings. The molecular weight excluding hydrogens is 588 g/mol. The smallest absolute Gasteiger partial charge is 0.254 e. The van der Waals surface area contributed by atoms with Gasteiger partial charge < -0.3 is 5.32 Å². The first-order valence-electron chi connectivity index (χ1n) is 14.5. The minimum Gasteiger partial charge on any atom is -0.357 e. The molecule has 6 rings (SSSR count). The highest BCUT2D eigenvalue weighted by atomic mass is 32.2. The van der Waals surface area contributed by atoms with E-state index in [1.165, 1.54) is 10.4 Å². The highest BCUT2D eigenvalue weighted by Crippen LogP contribution is 2.35. The summed E-state index contributed by atoms with van der Waals surface area (Å²) in [6.07, 6.45) is 9.06. The molecule has 2 aromatic heterocycles. The first kappa shape index (κ1) is 29.9. The van der Waals surface area contributed by atoms with Crippen molar-refractivity contribution in [3.8, 4) is 6.07 Å².